The number of carbonyl (C=O) groups excluding carboxylic acids is 1. The standard InChI is InChI=1S/C22H23NO4/c1-14(15-5-6-17-12-18(25-2)8-7-16(17)11-15)22(24)23-20-10-9-19(26-3)13-21(20)27-4/h5-14H,1-4H3,(H,23,24)/t14-/m1/s1. The molecule has 1 atom stereocenters. The summed E-state index contributed by atoms with van der Waals surface area (Å²) in [4.78, 5) is 12.8. The Morgan fingerprint density at radius 3 is 2.15 bits per heavy atom. The number of rotatable bonds is 6. The zero-order valence-corrected chi connectivity index (χ0v) is 15.9. The van der Waals surface area contributed by atoms with Crippen molar-refractivity contribution in [3.63, 3.8) is 0 Å². The van der Waals surface area contributed by atoms with E-state index in [1.807, 2.05) is 43.3 Å². The van der Waals surface area contributed by atoms with E-state index >= 15 is 0 Å². The van der Waals surface area contributed by atoms with Gasteiger partial charge < -0.3 is 19.5 Å². The molecule has 3 aromatic carbocycles. The molecule has 3 rings (SSSR count). The van der Waals surface area contributed by atoms with Crippen molar-refractivity contribution in [2.24, 2.45) is 0 Å². The number of carbonyl (C=O) groups is 1. The Kier molecular flexibility index (Phi) is 5.50. The van der Waals surface area contributed by atoms with Crippen molar-refractivity contribution in [3.8, 4) is 17.2 Å². The maximum absolute atomic E-state index is 12.8. The number of fused-ring (bicyclic) bond motifs is 1. The van der Waals surface area contributed by atoms with Crippen LogP contribution in [0.15, 0.2) is 54.6 Å². The van der Waals surface area contributed by atoms with E-state index < -0.39 is 0 Å². The molecule has 0 unspecified atom stereocenters. The normalized spacial score (nSPS) is 11.7. The summed E-state index contributed by atoms with van der Waals surface area (Å²) in [5.41, 5.74) is 1.55. The van der Waals surface area contributed by atoms with Gasteiger partial charge in [-0.05, 0) is 47.5 Å². The molecule has 0 saturated carbocycles. The third-order valence-electron chi connectivity index (χ3n) is 4.63. The lowest BCUT2D eigenvalue weighted by molar-refractivity contribution is -0.117. The third kappa shape index (κ3) is 3.97. The number of hydrogen-bond acceptors (Lipinski definition) is 4. The fourth-order valence-electron chi connectivity index (χ4n) is 2.93. The highest BCUT2D eigenvalue weighted by Gasteiger charge is 2.18. The number of benzene rings is 3. The van der Waals surface area contributed by atoms with Crippen molar-refractivity contribution in [3.05, 3.63) is 60.2 Å². The van der Waals surface area contributed by atoms with E-state index in [1.165, 1.54) is 0 Å². The fraction of sp³-hybridized carbons (Fsp3) is 0.227. The first-order valence-electron chi connectivity index (χ1n) is 8.66. The van der Waals surface area contributed by atoms with Crippen LogP contribution >= 0.6 is 0 Å². The molecular formula is C22H23NO4. The Morgan fingerprint density at radius 2 is 1.44 bits per heavy atom. The number of methoxy groups -OCH3 is 3. The Hall–Kier alpha value is -3.21. The van der Waals surface area contributed by atoms with Gasteiger partial charge in [0, 0.05) is 6.07 Å². The Labute approximate surface area is 158 Å². The zero-order valence-electron chi connectivity index (χ0n) is 15.9. The summed E-state index contributed by atoms with van der Waals surface area (Å²) in [5.74, 6) is 1.62. The monoisotopic (exact) mass is 365 g/mol. The quantitative estimate of drug-likeness (QED) is 0.693. The summed E-state index contributed by atoms with van der Waals surface area (Å²) in [5, 5.41) is 5.07. The summed E-state index contributed by atoms with van der Waals surface area (Å²) in [6.07, 6.45) is 0. The van der Waals surface area contributed by atoms with Crippen LogP contribution in [0.3, 0.4) is 0 Å². The first kappa shape index (κ1) is 18.6. The Balaban J connectivity index is 1.82. The first-order valence-corrected chi connectivity index (χ1v) is 8.66. The maximum atomic E-state index is 12.8. The van der Waals surface area contributed by atoms with E-state index in [0.29, 0.717) is 17.2 Å². The van der Waals surface area contributed by atoms with Gasteiger partial charge >= 0.3 is 0 Å². The molecule has 0 aliphatic rings. The molecule has 0 fully saturated rings. The average Bonchev–Trinajstić information content (AvgIpc) is 2.72. The summed E-state index contributed by atoms with van der Waals surface area (Å²) < 4.78 is 15.8. The van der Waals surface area contributed by atoms with Crippen molar-refractivity contribution in [1.29, 1.82) is 0 Å². The minimum atomic E-state index is -0.316. The molecule has 5 nitrogen and oxygen atoms in total. The lowest BCUT2D eigenvalue weighted by Crippen LogP contribution is -2.19. The molecule has 0 radical (unpaired) electrons. The number of amides is 1. The van der Waals surface area contributed by atoms with Gasteiger partial charge in [0.25, 0.3) is 0 Å². The predicted octanol–water partition coefficient (Wildman–Crippen LogP) is 4.61. The minimum Gasteiger partial charge on any atom is -0.497 e. The van der Waals surface area contributed by atoms with E-state index in [1.54, 1.807) is 39.5 Å². The van der Waals surface area contributed by atoms with Crippen LogP contribution < -0.4 is 19.5 Å². The van der Waals surface area contributed by atoms with E-state index in [4.69, 9.17) is 14.2 Å². The van der Waals surface area contributed by atoms with Gasteiger partial charge in [0.2, 0.25) is 5.91 Å². The molecule has 0 bridgehead atoms. The van der Waals surface area contributed by atoms with Crippen molar-refractivity contribution in [1.82, 2.24) is 0 Å². The smallest absolute Gasteiger partial charge is 0.231 e. The van der Waals surface area contributed by atoms with Gasteiger partial charge in [-0.3, -0.25) is 4.79 Å². The summed E-state index contributed by atoms with van der Waals surface area (Å²) in [7, 11) is 4.80. The second-order valence-corrected chi connectivity index (χ2v) is 6.25. The lowest BCUT2D eigenvalue weighted by atomic mass is 9.97. The lowest BCUT2D eigenvalue weighted by Gasteiger charge is -2.16. The van der Waals surface area contributed by atoms with Gasteiger partial charge in [0.15, 0.2) is 0 Å². The Morgan fingerprint density at radius 1 is 0.815 bits per heavy atom. The van der Waals surface area contributed by atoms with Crippen LogP contribution in [-0.4, -0.2) is 27.2 Å². The average molecular weight is 365 g/mol. The van der Waals surface area contributed by atoms with Crippen LogP contribution in [0.2, 0.25) is 0 Å². The SMILES string of the molecule is COc1ccc(NC(=O)[C@H](C)c2ccc3cc(OC)ccc3c2)c(OC)c1. The summed E-state index contributed by atoms with van der Waals surface area (Å²) >= 11 is 0. The van der Waals surface area contributed by atoms with Gasteiger partial charge in [-0.25, -0.2) is 0 Å². The second kappa shape index (κ2) is 7.99. The second-order valence-electron chi connectivity index (χ2n) is 6.25. The molecule has 1 N–H and O–H groups in total. The van der Waals surface area contributed by atoms with Crippen molar-refractivity contribution < 1.29 is 19.0 Å². The highest BCUT2D eigenvalue weighted by Crippen LogP contribution is 2.31. The van der Waals surface area contributed by atoms with Crippen LogP contribution in [0.5, 0.6) is 17.2 Å². The third-order valence-corrected chi connectivity index (χ3v) is 4.63. The van der Waals surface area contributed by atoms with Crippen LogP contribution in [0.4, 0.5) is 5.69 Å². The first-order chi connectivity index (χ1) is 13.0. The van der Waals surface area contributed by atoms with E-state index in [0.717, 1.165) is 22.1 Å². The molecule has 1 amide bonds. The molecule has 27 heavy (non-hydrogen) atoms. The number of anilines is 1. The largest absolute Gasteiger partial charge is 0.497 e. The van der Waals surface area contributed by atoms with Gasteiger partial charge in [-0.15, -0.1) is 0 Å². The van der Waals surface area contributed by atoms with Gasteiger partial charge in [-0.1, -0.05) is 24.3 Å². The number of hydrogen-bond donors (Lipinski definition) is 1. The van der Waals surface area contributed by atoms with E-state index in [-0.39, 0.29) is 11.8 Å². The maximum Gasteiger partial charge on any atom is 0.231 e. The number of ether oxygens (including phenoxy) is 3. The molecule has 3 aromatic rings. The Bertz CT molecular complexity index is 968. The molecule has 0 aliphatic carbocycles. The highest BCUT2D eigenvalue weighted by molar-refractivity contribution is 5.97. The van der Waals surface area contributed by atoms with Crippen molar-refractivity contribution in [2.45, 2.75) is 12.8 Å². The van der Waals surface area contributed by atoms with E-state index in [2.05, 4.69) is 5.32 Å². The summed E-state index contributed by atoms with van der Waals surface area (Å²) in [6, 6.07) is 17.2. The molecule has 0 aromatic heterocycles. The molecule has 140 valence electrons. The van der Waals surface area contributed by atoms with E-state index in [9.17, 15) is 4.79 Å². The van der Waals surface area contributed by atoms with Crippen LogP contribution in [0.1, 0.15) is 18.4 Å². The predicted molar refractivity (Wildman–Crippen MR) is 107 cm³/mol. The fourth-order valence-corrected chi connectivity index (χ4v) is 2.93. The zero-order chi connectivity index (χ0) is 19.4. The molecule has 0 heterocycles. The van der Waals surface area contributed by atoms with Gasteiger partial charge in [0.1, 0.15) is 17.2 Å². The molecule has 0 aliphatic heterocycles. The number of nitrogens with one attached hydrogen (secondary N) is 1. The van der Waals surface area contributed by atoms with Crippen LogP contribution in [0.25, 0.3) is 10.8 Å². The van der Waals surface area contributed by atoms with Gasteiger partial charge in [-0.2, -0.15) is 0 Å². The molecule has 5 heteroatoms. The molecular weight excluding hydrogens is 342 g/mol. The molecule has 0 spiro atoms. The van der Waals surface area contributed by atoms with Gasteiger partial charge in [0.05, 0.1) is 32.9 Å². The topological polar surface area (TPSA) is 56.8 Å². The van der Waals surface area contributed by atoms with Crippen LogP contribution in [0, 0.1) is 0 Å². The molecule has 0 saturated heterocycles. The van der Waals surface area contributed by atoms with Crippen molar-refractivity contribution in [2.75, 3.05) is 26.6 Å². The minimum absolute atomic E-state index is 0.105. The van der Waals surface area contributed by atoms with Crippen molar-refractivity contribution >= 4 is 22.4 Å². The highest BCUT2D eigenvalue weighted by atomic mass is 16.5. The summed E-state index contributed by atoms with van der Waals surface area (Å²) in [6.45, 7) is 1.88. The van der Waals surface area contributed by atoms with Crippen LogP contribution in [-0.2, 0) is 4.79 Å².